The predicted octanol–water partition coefficient (Wildman–Crippen LogP) is 8.74. The molecule has 0 bridgehead atoms. The summed E-state index contributed by atoms with van der Waals surface area (Å²) in [6.07, 6.45) is 5.98. The molecule has 0 aliphatic rings. The number of hydrogen-bond donors (Lipinski definition) is 0. The number of halogens is 2. The third-order valence-electron chi connectivity index (χ3n) is 10.1. The topological polar surface area (TPSA) is 0 Å². The summed E-state index contributed by atoms with van der Waals surface area (Å²) in [6, 6.07) is 41.0. The average molecular weight is 813 g/mol. The number of hydrogen-bond acceptors (Lipinski definition) is 0. The van der Waals surface area contributed by atoms with Crippen molar-refractivity contribution in [3.8, 4) is 22.3 Å². The van der Waals surface area contributed by atoms with Crippen LogP contribution in [0.15, 0.2) is 109 Å². The van der Waals surface area contributed by atoms with Crippen LogP contribution in [-0.2, 0) is 29.8 Å². The van der Waals surface area contributed by atoms with Crippen LogP contribution in [0.3, 0.4) is 0 Å². The maximum Gasteiger partial charge on any atom is -1.00 e. The van der Waals surface area contributed by atoms with Crippen molar-refractivity contribution in [2.45, 2.75) is 111 Å². The van der Waals surface area contributed by atoms with E-state index < -0.39 is 0 Å². The fraction of sp³-hybridized carbons (Fsp3) is 0.362. The molecule has 0 aliphatic carbocycles. The molecule has 3 unspecified atom stereocenters. The molecule has 6 rings (SSSR count). The molecule has 51 heavy (non-hydrogen) atoms. The third-order valence-corrected chi connectivity index (χ3v) is 10.1. The Kier molecular flexibility index (Phi) is 19.5. The van der Waals surface area contributed by atoms with Crippen molar-refractivity contribution in [1.29, 1.82) is 0 Å². The van der Waals surface area contributed by atoms with Crippen LogP contribution in [0.25, 0.3) is 43.8 Å². The molecule has 0 aliphatic heterocycles. The van der Waals surface area contributed by atoms with Gasteiger partial charge in [0.05, 0.1) is 0 Å². The molecule has 0 spiro atoms. The molecule has 0 saturated carbocycles. The van der Waals surface area contributed by atoms with Crippen molar-refractivity contribution >= 4 is 27.0 Å². The van der Waals surface area contributed by atoms with Gasteiger partial charge in [0.25, 0.3) is 0 Å². The van der Waals surface area contributed by atoms with E-state index in [4.69, 9.17) is 0 Å². The number of benzene rings is 4. The SMILES string of the molecule is CCCC(C)c1cc2c(-c3ccc(C(C)CC)cc3)cccc2[cH-]1.CCc1cc2c(-c3ccc(C(C)CC)cc3)cccc2[cH-]1.C[Si](C)=[Zr+2].[Cl-].[Cl-]. The Morgan fingerprint density at radius 2 is 1.02 bits per heavy atom. The van der Waals surface area contributed by atoms with Crippen molar-refractivity contribution in [2.24, 2.45) is 0 Å². The van der Waals surface area contributed by atoms with E-state index in [0.717, 1.165) is 6.42 Å². The van der Waals surface area contributed by atoms with Crippen LogP contribution in [0.2, 0.25) is 13.1 Å². The van der Waals surface area contributed by atoms with Crippen LogP contribution in [0, 0.1) is 0 Å². The fourth-order valence-corrected chi connectivity index (χ4v) is 6.60. The fourth-order valence-electron chi connectivity index (χ4n) is 6.60. The standard InChI is InChI=1S/C24H29.C21H23.C2H6Si.2ClH.Zr/c1-5-8-18(4)22-15-21-9-7-10-23(24(21)16-22)20-13-11-19(12-14-20)17(3)6-2;1-4-15(3)17-9-11-18(12-10-17)20-8-6-7-19-13-16(5-2)14-21(19)20;1-3-2;;;/h7,9-18H,5-6,8H2,1-4H3;6-15H,4-5H2,1-3H3;1-2H3;2*1H;/q2*-1;;;;+2/p-2. The molecule has 3 atom stereocenters. The molecule has 0 nitrogen and oxygen atoms in total. The van der Waals surface area contributed by atoms with Crippen molar-refractivity contribution in [1.82, 2.24) is 0 Å². The summed E-state index contributed by atoms with van der Waals surface area (Å²) < 4.78 is 0. The Labute approximate surface area is 337 Å². The van der Waals surface area contributed by atoms with E-state index in [2.05, 4.69) is 171 Å². The van der Waals surface area contributed by atoms with Gasteiger partial charge in [0, 0.05) is 0 Å². The Bertz CT molecular complexity index is 1910. The molecule has 0 N–H and O–H groups in total. The molecule has 0 saturated heterocycles. The zero-order valence-electron chi connectivity index (χ0n) is 32.4. The predicted molar refractivity (Wildman–Crippen MR) is 218 cm³/mol. The normalized spacial score (nSPS) is 12.4. The maximum absolute atomic E-state index is 2.41. The largest absolute Gasteiger partial charge is 1.00 e. The minimum absolute atomic E-state index is 0. The summed E-state index contributed by atoms with van der Waals surface area (Å²) in [4.78, 5) is 0. The van der Waals surface area contributed by atoms with Gasteiger partial charge in [-0.25, -0.2) is 0 Å². The summed E-state index contributed by atoms with van der Waals surface area (Å²) >= 11 is 1.74. The van der Waals surface area contributed by atoms with E-state index in [9.17, 15) is 0 Å². The van der Waals surface area contributed by atoms with Crippen LogP contribution in [-0.4, -0.2) is 5.43 Å². The number of fused-ring (bicyclic) bond motifs is 2. The first kappa shape index (κ1) is 44.9. The first-order chi connectivity index (χ1) is 23.6. The maximum atomic E-state index is 2.41. The first-order valence-electron chi connectivity index (χ1n) is 18.7. The van der Waals surface area contributed by atoms with Crippen LogP contribution in [0.5, 0.6) is 0 Å². The van der Waals surface area contributed by atoms with Crippen molar-refractivity contribution < 1.29 is 48.1 Å². The zero-order valence-corrected chi connectivity index (χ0v) is 37.4. The van der Waals surface area contributed by atoms with Gasteiger partial charge < -0.3 is 24.8 Å². The molecule has 0 radical (unpaired) electrons. The van der Waals surface area contributed by atoms with Crippen LogP contribution in [0.1, 0.15) is 114 Å². The molecule has 270 valence electrons. The quantitative estimate of drug-likeness (QED) is 0.0960. The molecular weight excluding hydrogens is 755 g/mol. The monoisotopic (exact) mass is 810 g/mol. The van der Waals surface area contributed by atoms with E-state index in [1.54, 1.807) is 23.3 Å². The molecular formula is C47H58Cl2SiZr-2. The van der Waals surface area contributed by atoms with Gasteiger partial charge in [-0.2, -0.15) is 12.1 Å². The Balaban J connectivity index is 0.000000311. The van der Waals surface area contributed by atoms with Gasteiger partial charge in [0.2, 0.25) is 0 Å². The van der Waals surface area contributed by atoms with Gasteiger partial charge in [0.1, 0.15) is 0 Å². The Hall–Kier alpha value is -2.22. The molecule has 6 aromatic rings. The zero-order chi connectivity index (χ0) is 35.5. The van der Waals surface area contributed by atoms with E-state index >= 15 is 0 Å². The van der Waals surface area contributed by atoms with E-state index in [1.165, 1.54) is 91.7 Å². The van der Waals surface area contributed by atoms with Crippen LogP contribution in [0.4, 0.5) is 0 Å². The molecule has 0 heterocycles. The third kappa shape index (κ3) is 12.2. The van der Waals surface area contributed by atoms with Crippen LogP contribution < -0.4 is 24.8 Å². The minimum atomic E-state index is 0. The molecule has 4 heteroatoms. The summed E-state index contributed by atoms with van der Waals surface area (Å²) in [5.41, 5.74) is 11.3. The van der Waals surface area contributed by atoms with Crippen molar-refractivity contribution in [3.63, 3.8) is 0 Å². The summed E-state index contributed by atoms with van der Waals surface area (Å²) in [7, 11) is 0. The Morgan fingerprint density at radius 1 is 0.588 bits per heavy atom. The van der Waals surface area contributed by atoms with Gasteiger partial charge in [-0.05, 0) is 65.7 Å². The molecule has 0 fully saturated rings. The summed E-state index contributed by atoms with van der Waals surface area (Å²) in [6.45, 7) is 20.5. The smallest absolute Gasteiger partial charge is 1.00 e. The summed E-state index contributed by atoms with van der Waals surface area (Å²) in [5, 5.41) is 5.50. The average Bonchev–Trinajstić information content (AvgIpc) is 3.76. The first-order valence-corrected chi connectivity index (χ1v) is 24.9. The number of aryl methyl sites for hydroxylation is 1. The van der Waals surface area contributed by atoms with Gasteiger partial charge in [-0.15, -0.1) is 69.1 Å². The van der Waals surface area contributed by atoms with E-state index in [1.807, 2.05) is 0 Å². The van der Waals surface area contributed by atoms with Crippen molar-refractivity contribution in [2.75, 3.05) is 0 Å². The second kappa shape index (κ2) is 22.1. The Morgan fingerprint density at radius 3 is 1.43 bits per heavy atom. The molecule has 0 aromatic heterocycles. The molecule has 6 aromatic carbocycles. The number of rotatable bonds is 10. The van der Waals surface area contributed by atoms with Crippen molar-refractivity contribution in [3.05, 3.63) is 131 Å². The van der Waals surface area contributed by atoms with Gasteiger partial charge in [0.15, 0.2) is 0 Å². The van der Waals surface area contributed by atoms with Gasteiger partial charge >= 0.3 is 41.9 Å². The second-order valence-electron chi connectivity index (χ2n) is 14.2. The van der Waals surface area contributed by atoms with Gasteiger partial charge in [-0.1, -0.05) is 127 Å². The molecule has 0 amide bonds. The van der Waals surface area contributed by atoms with E-state index in [0.29, 0.717) is 17.8 Å². The van der Waals surface area contributed by atoms with Crippen LogP contribution >= 0.6 is 0 Å². The minimum Gasteiger partial charge on any atom is -1.00 e. The second-order valence-corrected chi connectivity index (χ2v) is 23.5. The summed E-state index contributed by atoms with van der Waals surface area (Å²) in [5.74, 6) is 1.92. The van der Waals surface area contributed by atoms with Gasteiger partial charge in [-0.3, -0.25) is 0 Å². The van der Waals surface area contributed by atoms with E-state index in [-0.39, 0.29) is 30.2 Å².